The van der Waals surface area contributed by atoms with Crippen molar-refractivity contribution >= 4 is 5.78 Å². The zero-order chi connectivity index (χ0) is 23.3. The molecule has 1 aromatic carbocycles. The Morgan fingerprint density at radius 3 is 2.24 bits per heavy atom. The minimum absolute atomic E-state index is 0.0944. The SMILES string of the molecule is COc1c2c(cc3c1C(CC(=O)CC1CCCCCCCCCCC1)[N+](C)(C)CC3)OCO2. The van der Waals surface area contributed by atoms with E-state index in [4.69, 9.17) is 14.2 Å². The number of methoxy groups -OCH3 is 1. The van der Waals surface area contributed by atoms with Gasteiger partial charge >= 0.3 is 0 Å². The van der Waals surface area contributed by atoms with E-state index in [1.807, 2.05) is 0 Å². The van der Waals surface area contributed by atoms with E-state index >= 15 is 0 Å². The fraction of sp³-hybridized carbons (Fsp3) is 0.750. The molecule has 0 bridgehead atoms. The lowest BCUT2D eigenvalue weighted by atomic mass is 9.84. The first kappa shape index (κ1) is 24.4. The summed E-state index contributed by atoms with van der Waals surface area (Å²) in [5.74, 6) is 3.21. The summed E-state index contributed by atoms with van der Waals surface area (Å²) in [6.45, 7) is 1.25. The number of rotatable bonds is 5. The van der Waals surface area contributed by atoms with Gasteiger partial charge in [0.1, 0.15) is 11.8 Å². The van der Waals surface area contributed by atoms with Gasteiger partial charge in [-0.3, -0.25) is 4.79 Å². The molecule has 1 unspecified atom stereocenters. The molecule has 0 aromatic heterocycles. The summed E-state index contributed by atoms with van der Waals surface area (Å²) in [6.07, 6.45) is 16.8. The fourth-order valence-electron chi connectivity index (χ4n) is 6.19. The van der Waals surface area contributed by atoms with E-state index in [0.717, 1.165) is 40.9 Å². The second-order valence-electron chi connectivity index (χ2n) is 11.1. The molecule has 5 heteroatoms. The Morgan fingerprint density at radius 1 is 0.970 bits per heavy atom. The Balaban J connectivity index is 1.48. The molecule has 184 valence electrons. The lowest BCUT2D eigenvalue weighted by molar-refractivity contribution is -0.922. The Bertz CT molecular complexity index is 807. The van der Waals surface area contributed by atoms with Crippen molar-refractivity contribution in [2.45, 2.75) is 95.9 Å². The van der Waals surface area contributed by atoms with E-state index < -0.39 is 0 Å². The molecular weight excluding hydrogens is 414 g/mol. The number of likely N-dealkylation sites (N-methyl/N-ethyl adjacent to an activating group) is 1. The molecule has 0 amide bonds. The number of Topliss-reactive ketones (excluding diaryl/α,β-unsaturated/α-hetero) is 1. The van der Waals surface area contributed by atoms with Crippen molar-refractivity contribution in [1.29, 1.82) is 0 Å². The highest BCUT2D eigenvalue weighted by atomic mass is 16.7. The van der Waals surface area contributed by atoms with Gasteiger partial charge in [-0.15, -0.1) is 0 Å². The van der Waals surface area contributed by atoms with Gasteiger partial charge in [0.15, 0.2) is 11.5 Å². The molecule has 0 spiro atoms. The van der Waals surface area contributed by atoms with Crippen LogP contribution in [0.2, 0.25) is 0 Å². The van der Waals surface area contributed by atoms with E-state index in [9.17, 15) is 4.79 Å². The number of fused-ring (bicyclic) bond motifs is 2. The molecule has 1 atom stereocenters. The summed E-state index contributed by atoms with van der Waals surface area (Å²) in [5.41, 5.74) is 2.40. The van der Waals surface area contributed by atoms with Crippen molar-refractivity contribution in [2.24, 2.45) is 5.92 Å². The summed E-state index contributed by atoms with van der Waals surface area (Å²) in [4.78, 5) is 13.5. The molecule has 0 saturated heterocycles. The average molecular weight is 459 g/mol. The summed E-state index contributed by atoms with van der Waals surface area (Å²) < 4.78 is 18.1. The molecule has 1 aliphatic carbocycles. The Morgan fingerprint density at radius 2 is 1.61 bits per heavy atom. The highest BCUT2D eigenvalue weighted by Gasteiger charge is 2.42. The van der Waals surface area contributed by atoms with E-state index in [1.54, 1.807) is 7.11 Å². The molecule has 1 aromatic rings. The van der Waals surface area contributed by atoms with Crippen LogP contribution in [0, 0.1) is 5.92 Å². The number of quaternary nitrogens is 1. The molecular formula is C28H44NO4+. The maximum absolute atomic E-state index is 13.5. The van der Waals surface area contributed by atoms with Crippen LogP contribution in [0.3, 0.4) is 0 Å². The van der Waals surface area contributed by atoms with Crippen molar-refractivity contribution in [3.8, 4) is 17.2 Å². The lowest BCUT2D eigenvalue weighted by Crippen LogP contribution is -2.48. The van der Waals surface area contributed by atoms with Crippen molar-refractivity contribution in [3.63, 3.8) is 0 Å². The minimum atomic E-state index is 0.0944. The zero-order valence-electron chi connectivity index (χ0n) is 21.1. The second kappa shape index (κ2) is 11.1. The fourth-order valence-corrected chi connectivity index (χ4v) is 6.19. The van der Waals surface area contributed by atoms with Crippen LogP contribution in [0.15, 0.2) is 6.07 Å². The van der Waals surface area contributed by atoms with Crippen LogP contribution in [0.1, 0.15) is 101 Å². The van der Waals surface area contributed by atoms with Crippen molar-refractivity contribution in [3.05, 3.63) is 17.2 Å². The van der Waals surface area contributed by atoms with Crippen LogP contribution in [0.4, 0.5) is 0 Å². The molecule has 1 fully saturated rings. The second-order valence-corrected chi connectivity index (χ2v) is 11.1. The van der Waals surface area contributed by atoms with Crippen LogP contribution < -0.4 is 14.2 Å². The Hall–Kier alpha value is -1.75. The highest BCUT2D eigenvalue weighted by molar-refractivity contribution is 5.80. The molecule has 2 heterocycles. The van der Waals surface area contributed by atoms with E-state index in [-0.39, 0.29) is 12.8 Å². The van der Waals surface area contributed by atoms with Gasteiger partial charge < -0.3 is 18.7 Å². The van der Waals surface area contributed by atoms with Crippen LogP contribution >= 0.6 is 0 Å². The number of ketones is 1. The molecule has 4 rings (SSSR count). The van der Waals surface area contributed by atoms with Crippen LogP contribution in [-0.4, -0.2) is 44.8 Å². The van der Waals surface area contributed by atoms with Gasteiger partial charge in [0, 0.05) is 12.8 Å². The van der Waals surface area contributed by atoms with E-state index in [1.165, 1.54) is 76.2 Å². The maximum atomic E-state index is 13.5. The van der Waals surface area contributed by atoms with E-state index in [2.05, 4.69) is 20.2 Å². The molecule has 0 N–H and O–H groups in total. The normalized spacial score (nSPS) is 23.8. The predicted octanol–water partition coefficient (Wildman–Crippen LogP) is 6.37. The van der Waals surface area contributed by atoms with Gasteiger partial charge in [-0.2, -0.15) is 0 Å². The Kier molecular flexibility index (Phi) is 8.21. The number of hydrogen-bond donors (Lipinski definition) is 0. The molecule has 5 nitrogen and oxygen atoms in total. The summed E-state index contributed by atoms with van der Waals surface area (Å²) in [6, 6.07) is 2.21. The lowest BCUT2D eigenvalue weighted by Gasteiger charge is -2.43. The third kappa shape index (κ3) is 5.85. The standard InChI is InChI=1S/C28H44NO4/c1-29(2)16-15-22-18-25-27(33-20-32-25)28(31-3)26(22)24(29)19-23(30)17-21-13-11-9-7-5-4-6-8-10-12-14-21/h18,21,24H,4-17,19-20H2,1-3H3/q+1. The van der Waals surface area contributed by atoms with Gasteiger partial charge in [-0.05, 0) is 17.5 Å². The first-order valence-corrected chi connectivity index (χ1v) is 13.3. The highest BCUT2D eigenvalue weighted by Crippen LogP contribution is 2.51. The Labute approximate surface area is 200 Å². The first-order chi connectivity index (χ1) is 16.0. The zero-order valence-corrected chi connectivity index (χ0v) is 21.1. The van der Waals surface area contributed by atoms with E-state index in [0.29, 0.717) is 23.9 Å². The van der Waals surface area contributed by atoms with Gasteiger partial charge in [-0.25, -0.2) is 0 Å². The molecule has 0 radical (unpaired) electrons. The van der Waals surface area contributed by atoms with Crippen LogP contribution in [-0.2, 0) is 11.2 Å². The summed E-state index contributed by atoms with van der Waals surface area (Å²) in [5, 5.41) is 0. The smallest absolute Gasteiger partial charge is 0.231 e. The monoisotopic (exact) mass is 458 g/mol. The topological polar surface area (TPSA) is 44.8 Å². The van der Waals surface area contributed by atoms with Crippen LogP contribution in [0.25, 0.3) is 0 Å². The van der Waals surface area contributed by atoms with Gasteiger partial charge in [0.2, 0.25) is 12.5 Å². The first-order valence-electron chi connectivity index (χ1n) is 13.3. The molecule has 33 heavy (non-hydrogen) atoms. The number of nitrogens with zero attached hydrogens (tertiary/aromatic N) is 1. The summed E-state index contributed by atoms with van der Waals surface area (Å²) in [7, 11) is 6.21. The summed E-state index contributed by atoms with van der Waals surface area (Å²) >= 11 is 0. The number of carbonyl (C=O) groups is 1. The average Bonchev–Trinajstić information content (AvgIpc) is 3.24. The maximum Gasteiger partial charge on any atom is 0.231 e. The van der Waals surface area contributed by atoms with Crippen LogP contribution in [0.5, 0.6) is 17.2 Å². The number of ether oxygens (including phenoxy) is 3. The largest absolute Gasteiger partial charge is 0.492 e. The molecule has 3 aliphatic rings. The quantitative estimate of drug-likeness (QED) is 0.481. The molecule has 2 aliphatic heterocycles. The van der Waals surface area contributed by atoms with Crippen molar-refractivity contribution < 1.29 is 23.5 Å². The third-order valence-electron chi connectivity index (χ3n) is 8.24. The minimum Gasteiger partial charge on any atom is -0.492 e. The van der Waals surface area contributed by atoms with Gasteiger partial charge in [0.25, 0.3) is 0 Å². The van der Waals surface area contributed by atoms with Gasteiger partial charge in [0.05, 0.1) is 39.7 Å². The number of benzene rings is 1. The molecule has 1 saturated carbocycles. The third-order valence-corrected chi connectivity index (χ3v) is 8.24. The van der Waals surface area contributed by atoms with Crippen molar-refractivity contribution in [1.82, 2.24) is 0 Å². The number of hydrogen-bond acceptors (Lipinski definition) is 4. The van der Waals surface area contributed by atoms with Gasteiger partial charge in [-0.1, -0.05) is 70.6 Å². The predicted molar refractivity (Wildman–Crippen MR) is 131 cm³/mol. The number of carbonyl (C=O) groups excluding carboxylic acids is 1. The van der Waals surface area contributed by atoms with Crippen molar-refractivity contribution in [2.75, 3.05) is 34.5 Å².